The van der Waals surface area contributed by atoms with Gasteiger partial charge in [-0.3, -0.25) is 9.10 Å². The summed E-state index contributed by atoms with van der Waals surface area (Å²) in [6.45, 7) is 1.07. The van der Waals surface area contributed by atoms with Crippen LogP contribution in [0.15, 0.2) is 88.8 Å². The van der Waals surface area contributed by atoms with E-state index < -0.39 is 32.6 Å². The summed E-state index contributed by atoms with van der Waals surface area (Å²) in [7, 11) is -6.95. The van der Waals surface area contributed by atoms with Crippen molar-refractivity contribution >= 4 is 48.8 Å². The Bertz CT molecular complexity index is 1700. The molecule has 0 saturated carbocycles. The molecule has 0 amide bonds. The standard InChI is InChI=1S/C26H24FN3O7S2/c1-3-29(38(32,33)22-14-10-20(36-2)11-15-22)25-16-28-26(24-7-5-4-6-23(24)25)30(17-37-18-31)39(34,35)21-12-8-19(27)9-13-21/h4-16,18H,3,17H2,1-2H3. The Morgan fingerprint density at radius 3 is 1.97 bits per heavy atom. The van der Waals surface area contributed by atoms with Crippen LogP contribution in [0.3, 0.4) is 0 Å². The van der Waals surface area contributed by atoms with Gasteiger partial charge in [-0.05, 0) is 55.5 Å². The largest absolute Gasteiger partial charge is 0.497 e. The number of nitrogens with zero attached hydrogens (tertiary/aromatic N) is 3. The molecule has 0 aliphatic rings. The van der Waals surface area contributed by atoms with Gasteiger partial charge in [0.2, 0.25) is 0 Å². The minimum Gasteiger partial charge on any atom is -0.497 e. The van der Waals surface area contributed by atoms with Crippen molar-refractivity contribution in [2.45, 2.75) is 16.7 Å². The molecule has 0 fully saturated rings. The van der Waals surface area contributed by atoms with Crippen LogP contribution >= 0.6 is 0 Å². The third-order valence-corrected chi connectivity index (χ3v) is 9.48. The first-order chi connectivity index (χ1) is 18.6. The van der Waals surface area contributed by atoms with E-state index in [1.807, 2.05) is 0 Å². The fourth-order valence-corrected chi connectivity index (χ4v) is 6.77. The molecule has 0 saturated heterocycles. The first kappa shape index (κ1) is 27.8. The Hall–Kier alpha value is -4.23. The number of ether oxygens (including phenoxy) is 2. The van der Waals surface area contributed by atoms with E-state index in [9.17, 15) is 26.0 Å². The van der Waals surface area contributed by atoms with Crippen LogP contribution in [-0.2, 0) is 29.6 Å². The zero-order chi connectivity index (χ0) is 28.2. The number of anilines is 2. The van der Waals surface area contributed by atoms with Crippen molar-refractivity contribution < 1.29 is 35.5 Å². The van der Waals surface area contributed by atoms with Crippen LogP contribution in [0, 0.1) is 5.82 Å². The lowest BCUT2D eigenvalue weighted by atomic mass is 10.1. The summed E-state index contributed by atoms with van der Waals surface area (Å²) in [6, 6.07) is 16.6. The molecular weight excluding hydrogens is 549 g/mol. The summed E-state index contributed by atoms with van der Waals surface area (Å²) < 4.78 is 79.5. The van der Waals surface area contributed by atoms with E-state index in [1.54, 1.807) is 31.2 Å². The minimum atomic E-state index is -4.37. The van der Waals surface area contributed by atoms with E-state index in [1.165, 1.54) is 37.6 Å². The highest BCUT2D eigenvalue weighted by atomic mass is 32.2. The Balaban J connectivity index is 1.88. The molecule has 39 heavy (non-hydrogen) atoms. The summed E-state index contributed by atoms with van der Waals surface area (Å²) >= 11 is 0. The molecule has 10 nitrogen and oxygen atoms in total. The van der Waals surface area contributed by atoms with Crippen LogP contribution in [0.25, 0.3) is 10.8 Å². The number of methoxy groups -OCH3 is 1. The predicted octanol–water partition coefficient (Wildman–Crippen LogP) is 3.92. The van der Waals surface area contributed by atoms with Gasteiger partial charge in [0.1, 0.15) is 11.6 Å². The van der Waals surface area contributed by atoms with Crippen LogP contribution in [0.4, 0.5) is 15.9 Å². The van der Waals surface area contributed by atoms with Gasteiger partial charge in [-0.2, -0.15) is 0 Å². The lowest BCUT2D eigenvalue weighted by Crippen LogP contribution is -2.35. The minimum absolute atomic E-state index is 0.0261. The average Bonchev–Trinajstić information content (AvgIpc) is 2.94. The highest BCUT2D eigenvalue weighted by Crippen LogP contribution is 2.36. The van der Waals surface area contributed by atoms with Crippen molar-refractivity contribution in [3.05, 3.63) is 84.8 Å². The first-order valence-electron chi connectivity index (χ1n) is 11.5. The van der Waals surface area contributed by atoms with Crippen LogP contribution in [0.5, 0.6) is 5.75 Å². The van der Waals surface area contributed by atoms with Crippen molar-refractivity contribution in [1.29, 1.82) is 0 Å². The maximum absolute atomic E-state index is 13.6. The Labute approximate surface area is 225 Å². The van der Waals surface area contributed by atoms with Crippen molar-refractivity contribution in [3.8, 4) is 5.75 Å². The van der Waals surface area contributed by atoms with Gasteiger partial charge in [0.05, 0.1) is 28.8 Å². The fourth-order valence-electron chi connectivity index (χ4n) is 3.98. The van der Waals surface area contributed by atoms with E-state index in [0.29, 0.717) is 11.1 Å². The van der Waals surface area contributed by atoms with E-state index in [-0.39, 0.29) is 39.7 Å². The number of fused-ring (bicyclic) bond motifs is 1. The quantitative estimate of drug-likeness (QED) is 0.195. The van der Waals surface area contributed by atoms with Gasteiger partial charge < -0.3 is 9.47 Å². The highest BCUT2D eigenvalue weighted by Gasteiger charge is 2.31. The SMILES string of the molecule is CCN(c1cnc(N(COC=O)S(=O)(=O)c2ccc(F)cc2)c2ccccc12)S(=O)(=O)c1ccc(OC)cc1. The molecule has 0 N–H and O–H groups in total. The molecule has 1 heterocycles. The molecule has 204 valence electrons. The topological polar surface area (TPSA) is 123 Å². The molecule has 0 bridgehead atoms. The molecule has 0 atom stereocenters. The molecule has 0 aliphatic heterocycles. The third-order valence-electron chi connectivity index (χ3n) is 5.85. The zero-order valence-electron chi connectivity index (χ0n) is 20.9. The van der Waals surface area contributed by atoms with E-state index in [0.717, 1.165) is 32.9 Å². The molecular formula is C26H24FN3O7S2. The number of sulfonamides is 2. The summed E-state index contributed by atoms with van der Waals surface area (Å²) in [6.07, 6.45) is 1.25. The molecule has 13 heteroatoms. The molecule has 0 radical (unpaired) electrons. The highest BCUT2D eigenvalue weighted by molar-refractivity contribution is 7.93. The van der Waals surface area contributed by atoms with Crippen LogP contribution in [0.2, 0.25) is 0 Å². The van der Waals surface area contributed by atoms with Gasteiger partial charge in [0.25, 0.3) is 26.5 Å². The smallest absolute Gasteiger partial charge is 0.294 e. The van der Waals surface area contributed by atoms with Gasteiger partial charge in [0, 0.05) is 17.3 Å². The normalized spacial score (nSPS) is 11.7. The van der Waals surface area contributed by atoms with Crippen molar-refractivity contribution in [2.24, 2.45) is 0 Å². The van der Waals surface area contributed by atoms with Crippen molar-refractivity contribution in [2.75, 3.05) is 29.0 Å². The molecule has 0 spiro atoms. The number of carbonyl (C=O) groups is 1. The number of rotatable bonds is 11. The Morgan fingerprint density at radius 2 is 1.41 bits per heavy atom. The van der Waals surface area contributed by atoms with Gasteiger partial charge in [-0.25, -0.2) is 30.5 Å². The summed E-state index contributed by atoms with van der Waals surface area (Å²) in [4.78, 5) is 15.1. The predicted molar refractivity (Wildman–Crippen MR) is 143 cm³/mol. The summed E-state index contributed by atoms with van der Waals surface area (Å²) in [5.74, 6) is -0.248. The fraction of sp³-hybridized carbons (Fsp3) is 0.154. The number of halogens is 1. The molecule has 3 aromatic carbocycles. The number of carbonyl (C=O) groups excluding carboxylic acids is 1. The number of hydrogen-bond donors (Lipinski definition) is 0. The van der Waals surface area contributed by atoms with Gasteiger partial charge in [-0.15, -0.1) is 0 Å². The number of aromatic nitrogens is 1. The third kappa shape index (κ3) is 5.36. The van der Waals surface area contributed by atoms with Crippen LogP contribution in [0.1, 0.15) is 6.92 Å². The zero-order valence-corrected chi connectivity index (χ0v) is 22.5. The molecule has 4 aromatic rings. The molecule has 0 aliphatic carbocycles. The Kier molecular flexibility index (Phi) is 8.02. The van der Waals surface area contributed by atoms with E-state index >= 15 is 0 Å². The maximum Gasteiger partial charge on any atom is 0.294 e. The molecule has 4 rings (SSSR count). The average molecular weight is 574 g/mol. The van der Waals surface area contributed by atoms with Crippen LogP contribution in [-0.4, -0.2) is 48.7 Å². The Morgan fingerprint density at radius 1 is 0.846 bits per heavy atom. The number of hydrogen-bond acceptors (Lipinski definition) is 8. The molecule has 1 aromatic heterocycles. The summed E-state index contributed by atoms with van der Waals surface area (Å²) in [5.41, 5.74) is 0.211. The number of benzene rings is 3. The molecule has 0 unspecified atom stereocenters. The van der Waals surface area contributed by atoms with Crippen molar-refractivity contribution in [3.63, 3.8) is 0 Å². The van der Waals surface area contributed by atoms with E-state index in [4.69, 9.17) is 9.47 Å². The van der Waals surface area contributed by atoms with Gasteiger partial charge >= 0.3 is 0 Å². The van der Waals surface area contributed by atoms with Crippen molar-refractivity contribution in [1.82, 2.24) is 4.98 Å². The second kappa shape index (κ2) is 11.3. The second-order valence-corrected chi connectivity index (χ2v) is 11.8. The van der Waals surface area contributed by atoms with Crippen LogP contribution < -0.4 is 13.3 Å². The maximum atomic E-state index is 13.6. The van der Waals surface area contributed by atoms with E-state index in [2.05, 4.69) is 4.98 Å². The lowest BCUT2D eigenvalue weighted by Gasteiger charge is -2.27. The number of pyridine rings is 1. The second-order valence-electron chi connectivity index (χ2n) is 8.06. The first-order valence-corrected chi connectivity index (χ1v) is 14.4. The summed E-state index contributed by atoms with van der Waals surface area (Å²) in [5, 5.41) is 0.658. The van der Waals surface area contributed by atoms with Gasteiger partial charge in [0.15, 0.2) is 12.5 Å². The monoisotopic (exact) mass is 573 g/mol. The lowest BCUT2D eigenvalue weighted by molar-refractivity contribution is -0.128. The van der Waals surface area contributed by atoms with Gasteiger partial charge in [-0.1, -0.05) is 24.3 Å².